The van der Waals surface area contributed by atoms with Crippen molar-refractivity contribution in [2.45, 2.75) is 82.4 Å². The molecule has 0 amide bonds. The Morgan fingerprint density at radius 2 is 1.28 bits per heavy atom. The molecule has 4 heteroatoms. The number of carbonyl (C=O) groups excluding carboxylic acids is 1. The van der Waals surface area contributed by atoms with Crippen molar-refractivity contribution in [3.8, 4) is 0 Å². The molecular formula is C14H25O3P. The van der Waals surface area contributed by atoms with Crippen molar-refractivity contribution >= 4 is 13.3 Å². The lowest BCUT2D eigenvalue weighted by molar-refractivity contribution is -0.131. The molecular weight excluding hydrogens is 247 g/mol. The zero-order valence-corrected chi connectivity index (χ0v) is 12.3. The minimum atomic E-state index is -2.78. The van der Waals surface area contributed by atoms with E-state index in [4.69, 9.17) is 4.52 Å². The SMILES string of the molecule is CC(=O)OP(=O)(C1CCCCC1)C1CCCCC1. The molecule has 0 aromatic heterocycles. The minimum absolute atomic E-state index is 0.151. The fourth-order valence-electron chi connectivity index (χ4n) is 3.53. The van der Waals surface area contributed by atoms with E-state index in [9.17, 15) is 9.36 Å². The van der Waals surface area contributed by atoms with Gasteiger partial charge in [0.25, 0.3) is 7.37 Å². The molecule has 0 N–H and O–H groups in total. The molecule has 0 radical (unpaired) electrons. The van der Waals surface area contributed by atoms with Crippen molar-refractivity contribution < 1.29 is 13.9 Å². The average molecular weight is 272 g/mol. The van der Waals surface area contributed by atoms with Gasteiger partial charge in [-0.1, -0.05) is 38.5 Å². The van der Waals surface area contributed by atoms with Gasteiger partial charge in [-0.3, -0.25) is 9.36 Å². The highest BCUT2D eigenvalue weighted by atomic mass is 31.2. The van der Waals surface area contributed by atoms with Gasteiger partial charge in [-0.2, -0.15) is 0 Å². The van der Waals surface area contributed by atoms with Gasteiger partial charge in [-0.15, -0.1) is 0 Å². The van der Waals surface area contributed by atoms with Gasteiger partial charge in [0.15, 0.2) is 0 Å². The molecule has 3 nitrogen and oxygen atoms in total. The second kappa shape index (κ2) is 6.23. The van der Waals surface area contributed by atoms with E-state index in [1.54, 1.807) is 0 Å². The topological polar surface area (TPSA) is 43.4 Å². The number of hydrogen-bond donors (Lipinski definition) is 0. The molecule has 0 spiro atoms. The van der Waals surface area contributed by atoms with E-state index in [1.165, 1.54) is 19.8 Å². The van der Waals surface area contributed by atoms with Crippen molar-refractivity contribution in [1.29, 1.82) is 0 Å². The molecule has 0 unspecified atom stereocenters. The fraction of sp³-hybridized carbons (Fsp3) is 0.929. The first kappa shape index (κ1) is 14.1. The fourth-order valence-corrected chi connectivity index (χ4v) is 7.00. The van der Waals surface area contributed by atoms with E-state index in [0.717, 1.165) is 51.4 Å². The summed E-state index contributed by atoms with van der Waals surface area (Å²) in [5, 5.41) is 0. The maximum atomic E-state index is 13.3. The molecule has 0 aromatic rings. The molecule has 0 heterocycles. The molecule has 0 bridgehead atoms. The lowest BCUT2D eigenvalue weighted by Gasteiger charge is -2.36. The van der Waals surface area contributed by atoms with Gasteiger partial charge in [0.1, 0.15) is 0 Å². The van der Waals surface area contributed by atoms with Gasteiger partial charge in [0, 0.05) is 18.2 Å². The van der Waals surface area contributed by atoms with E-state index >= 15 is 0 Å². The molecule has 0 aliphatic heterocycles. The van der Waals surface area contributed by atoms with Gasteiger partial charge in [-0.05, 0) is 25.7 Å². The lowest BCUT2D eigenvalue weighted by atomic mass is 10.00. The maximum absolute atomic E-state index is 13.3. The summed E-state index contributed by atoms with van der Waals surface area (Å²) < 4.78 is 18.7. The van der Waals surface area contributed by atoms with Crippen molar-refractivity contribution in [1.82, 2.24) is 0 Å². The Hall–Kier alpha value is -0.300. The van der Waals surface area contributed by atoms with Crippen LogP contribution in [0.1, 0.15) is 71.1 Å². The van der Waals surface area contributed by atoms with Crippen LogP contribution in [0.5, 0.6) is 0 Å². The molecule has 0 aromatic carbocycles. The molecule has 0 saturated heterocycles. The smallest absolute Gasteiger partial charge is 0.307 e. The predicted octanol–water partition coefficient (Wildman–Crippen LogP) is 4.49. The van der Waals surface area contributed by atoms with Crippen LogP contribution in [-0.2, 0) is 13.9 Å². The molecule has 2 aliphatic rings. The van der Waals surface area contributed by atoms with Gasteiger partial charge in [-0.25, -0.2) is 0 Å². The minimum Gasteiger partial charge on any atom is -0.411 e. The summed E-state index contributed by atoms with van der Waals surface area (Å²) in [6, 6.07) is 0. The van der Waals surface area contributed by atoms with Crippen LogP contribution in [0.4, 0.5) is 0 Å². The standard InChI is InChI=1S/C14H25O3P/c1-12(15)17-18(16,13-8-4-2-5-9-13)14-10-6-3-7-11-14/h13-14H,2-11H2,1H3. The zero-order chi connectivity index (χ0) is 13.0. The molecule has 104 valence electrons. The van der Waals surface area contributed by atoms with Crippen LogP contribution in [0.3, 0.4) is 0 Å². The Bertz CT molecular complexity index is 306. The van der Waals surface area contributed by atoms with E-state index in [1.807, 2.05) is 0 Å². The highest BCUT2D eigenvalue weighted by Crippen LogP contribution is 2.63. The Balaban J connectivity index is 2.14. The van der Waals surface area contributed by atoms with Crippen molar-refractivity contribution in [3.05, 3.63) is 0 Å². The molecule has 2 aliphatic carbocycles. The zero-order valence-electron chi connectivity index (χ0n) is 11.4. The highest BCUT2D eigenvalue weighted by Gasteiger charge is 2.44. The monoisotopic (exact) mass is 272 g/mol. The predicted molar refractivity (Wildman–Crippen MR) is 73.1 cm³/mol. The normalized spacial score (nSPS) is 23.8. The Morgan fingerprint density at radius 1 is 0.889 bits per heavy atom. The van der Waals surface area contributed by atoms with Crippen molar-refractivity contribution in [2.75, 3.05) is 0 Å². The second-order valence-electron chi connectivity index (χ2n) is 5.81. The first-order chi connectivity index (χ1) is 8.63. The largest absolute Gasteiger partial charge is 0.411 e. The quantitative estimate of drug-likeness (QED) is 0.711. The first-order valence-corrected chi connectivity index (χ1v) is 9.19. The van der Waals surface area contributed by atoms with Gasteiger partial charge in [0.2, 0.25) is 0 Å². The molecule has 2 saturated carbocycles. The maximum Gasteiger partial charge on any atom is 0.307 e. The summed E-state index contributed by atoms with van der Waals surface area (Å²) in [6.45, 7) is 1.40. The summed E-state index contributed by atoms with van der Waals surface area (Å²) >= 11 is 0. The number of hydrogen-bond acceptors (Lipinski definition) is 3. The van der Waals surface area contributed by atoms with Crippen molar-refractivity contribution in [2.24, 2.45) is 0 Å². The average Bonchev–Trinajstić information content (AvgIpc) is 2.40. The van der Waals surface area contributed by atoms with E-state index in [0.29, 0.717) is 0 Å². The van der Waals surface area contributed by atoms with Crippen LogP contribution in [0.15, 0.2) is 0 Å². The van der Waals surface area contributed by atoms with Gasteiger partial charge >= 0.3 is 5.97 Å². The van der Waals surface area contributed by atoms with Gasteiger partial charge in [0.05, 0.1) is 0 Å². The van der Waals surface area contributed by atoms with E-state index in [-0.39, 0.29) is 17.3 Å². The van der Waals surface area contributed by atoms with Crippen LogP contribution >= 0.6 is 7.37 Å². The summed E-state index contributed by atoms with van der Waals surface area (Å²) in [7, 11) is -2.78. The Labute approximate surface area is 110 Å². The Kier molecular flexibility index (Phi) is 4.89. The summed E-state index contributed by atoms with van der Waals surface area (Å²) in [5.74, 6) is -0.352. The third-order valence-electron chi connectivity index (χ3n) is 4.44. The van der Waals surface area contributed by atoms with E-state index < -0.39 is 7.37 Å². The van der Waals surface area contributed by atoms with E-state index in [2.05, 4.69) is 0 Å². The van der Waals surface area contributed by atoms with Crippen LogP contribution in [0.25, 0.3) is 0 Å². The summed E-state index contributed by atoms with van der Waals surface area (Å²) in [5.41, 5.74) is 0.302. The van der Waals surface area contributed by atoms with Crippen LogP contribution in [0, 0.1) is 0 Å². The lowest BCUT2D eigenvalue weighted by Crippen LogP contribution is -2.25. The number of rotatable bonds is 3. The first-order valence-electron chi connectivity index (χ1n) is 7.42. The summed E-state index contributed by atoms with van der Waals surface area (Å²) in [6.07, 6.45) is 11.0. The third-order valence-corrected chi connectivity index (χ3v) is 8.05. The highest BCUT2D eigenvalue weighted by molar-refractivity contribution is 7.61. The van der Waals surface area contributed by atoms with Crippen molar-refractivity contribution in [3.63, 3.8) is 0 Å². The third kappa shape index (κ3) is 3.17. The molecule has 2 rings (SSSR count). The van der Waals surface area contributed by atoms with Crippen LogP contribution in [-0.4, -0.2) is 17.3 Å². The number of carbonyl (C=O) groups is 1. The molecule has 2 fully saturated rings. The van der Waals surface area contributed by atoms with Crippen LogP contribution in [0.2, 0.25) is 0 Å². The van der Waals surface area contributed by atoms with Gasteiger partial charge < -0.3 is 4.52 Å². The summed E-state index contributed by atoms with van der Waals surface area (Å²) in [4.78, 5) is 11.4. The molecule has 18 heavy (non-hydrogen) atoms. The van der Waals surface area contributed by atoms with Crippen LogP contribution < -0.4 is 0 Å². The second-order valence-corrected chi connectivity index (χ2v) is 8.75. The Morgan fingerprint density at radius 3 is 1.61 bits per heavy atom. The molecule has 0 atom stereocenters.